The van der Waals surface area contributed by atoms with Gasteiger partial charge in [0.2, 0.25) is 0 Å². The highest BCUT2D eigenvalue weighted by atomic mass is 127. The minimum absolute atomic E-state index is 0.0441. The first-order valence-corrected chi connectivity index (χ1v) is 6.33. The van der Waals surface area contributed by atoms with E-state index in [0.717, 1.165) is 3.57 Å². The van der Waals surface area contributed by atoms with E-state index in [0.29, 0.717) is 18.7 Å². The molecule has 0 unspecified atom stereocenters. The van der Waals surface area contributed by atoms with Crippen molar-refractivity contribution in [1.82, 2.24) is 5.32 Å². The van der Waals surface area contributed by atoms with Gasteiger partial charge in [0.1, 0.15) is 0 Å². The zero-order chi connectivity index (χ0) is 12.0. The van der Waals surface area contributed by atoms with Crippen LogP contribution in [0.25, 0.3) is 0 Å². The van der Waals surface area contributed by atoms with Crippen molar-refractivity contribution in [2.75, 3.05) is 13.2 Å². The zero-order valence-electron chi connectivity index (χ0n) is 9.50. The molecule has 0 aliphatic rings. The maximum absolute atomic E-state index is 11.7. The van der Waals surface area contributed by atoms with Gasteiger partial charge in [-0.1, -0.05) is 12.1 Å². The Bertz CT molecular complexity index is 353. The van der Waals surface area contributed by atoms with Crippen LogP contribution in [0.4, 0.5) is 0 Å². The maximum atomic E-state index is 11.7. The van der Waals surface area contributed by atoms with Crippen LogP contribution in [0.15, 0.2) is 24.3 Å². The SMILES string of the molecule is CC(C)OCCNC(=O)c1ccccc1I. The highest BCUT2D eigenvalue weighted by Crippen LogP contribution is 2.10. The third-order valence-corrected chi connectivity index (χ3v) is 2.90. The quantitative estimate of drug-likeness (QED) is 0.664. The molecule has 0 bridgehead atoms. The normalized spacial score (nSPS) is 10.5. The van der Waals surface area contributed by atoms with E-state index in [1.54, 1.807) is 0 Å². The van der Waals surface area contributed by atoms with Gasteiger partial charge in [0.15, 0.2) is 0 Å². The van der Waals surface area contributed by atoms with Crippen molar-refractivity contribution in [3.63, 3.8) is 0 Å². The van der Waals surface area contributed by atoms with Gasteiger partial charge in [0.05, 0.1) is 18.3 Å². The maximum Gasteiger partial charge on any atom is 0.252 e. The number of ether oxygens (including phenoxy) is 1. The number of nitrogens with one attached hydrogen (secondary N) is 1. The van der Waals surface area contributed by atoms with Crippen LogP contribution in [0.3, 0.4) is 0 Å². The first kappa shape index (κ1) is 13.4. The summed E-state index contributed by atoms with van der Waals surface area (Å²) in [6.07, 6.45) is 0.203. The monoisotopic (exact) mass is 333 g/mol. The second kappa shape index (κ2) is 6.85. The van der Waals surface area contributed by atoms with Crippen molar-refractivity contribution in [3.05, 3.63) is 33.4 Å². The molecule has 0 spiro atoms. The van der Waals surface area contributed by atoms with E-state index in [2.05, 4.69) is 27.9 Å². The second-order valence-electron chi connectivity index (χ2n) is 3.66. The van der Waals surface area contributed by atoms with Gasteiger partial charge in [-0.25, -0.2) is 0 Å². The second-order valence-corrected chi connectivity index (χ2v) is 4.82. The average molecular weight is 333 g/mol. The van der Waals surface area contributed by atoms with Gasteiger partial charge in [-0.3, -0.25) is 4.79 Å². The molecule has 16 heavy (non-hydrogen) atoms. The third kappa shape index (κ3) is 4.49. The van der Waals surface area contributed by atoms with Crippen molar-refractivity contribution in [2.45, 2.75) is 20.0 Å². The Morgan fingerprint density at radius 3 is 2.75 bits per heavy atom. The van der Waals surface area contributed by atoms with Gasteiger partial charge in [0, 0.05) is 10.1 Å². The predicted molar refractivity (Wildman–Crippen MR) is 72.6 cm³/mol. The fourth-order valence-electron chi connectivity index (χ4n) is 1.20. The molecular formula is C12H16INO2. The van der Waals surface area contributed by atoms with Gasteiger partial charge >= 0.3 is 0 Å². The number of benzene rings is 1. The molecule has 0 atom stereocenters. The van der Waals surface area contributed by atoms with Gasteiger partial charge in [0.25, 0.3) is 5.91 Å². The number of rotatable bonds is 5. The van der Waals surface area contributed by atoms with E-state index >= 15 is 0 Å². The molecule has 0 aliphatic carbocycles. The Morgan fingerprint density at radius 1 is 1.44 bits per heavy atom. The van der Waals surface area contributed by atoms with Gasteiger partial charge < -0.3 is 10.1 Å². The zero-order valence-corrected chi connectivity index (χ0v) is 11.7. The molecule has 1 aromatic rings. The van der Waals surface area contributed by atoms with Crippen LogP contribution in [-0.2, 0) is 4.74 Å². The molecule has 0 heterocycles. The molecule has 1 rings (SSSR count). The fraction of sp³-hybridized carbons (Fsp3) is 0.417. The molecule has 0 fully saturated rings. The van der Waals surface area contributed by atoms with Crippen LogP contribution in [0.5, 0.6) is 0 Å². The Balaban J connectivity index is 2.39. The smallest absolute Gasteiger partial charge is 0.252 e. The molecule has 1 aromatic carbocycles. The summed E-state index contributed by atoms with van der Waals surface area (Å²) in [5.74, 6) is -0.0441. The highest BCUT2D eigenvalue weighted by Gasteiger charge is 2.07. The summed E-state index contributed by atoms with van der Waals surface area (Å²) in [5.41, 5.74) is 0.715. The molecule has 1 amide bonds. The van der Waals surface area contributed by atoms with Gasteiger partial charge in [-0.2, -0.15) is 0 Å². The van der Waals surface area contributed by atoms with Crippen molar-refractivity contribution < 1.29 is 9.53 Å². The molecule has 0 radical (unpaired) electrons. The lowest BCUT2D eigenvalue weighted by atomic mass is 10.2. The summed E-state index contributed by atoms with van der Waals surface area (Å²) >= 11 is 2.16. The number of hydrogen-bond donors (Lipinski definition) is 1. The average Bonchev–Trinajstić information content (AvgIpc) is 2.24. The summed E-state index contributed by atoms with van der Waals surface area (Å²) in [7, 11) is 0. The Hall–Kier alpha value is -0.620. The van der Waals surface area contributed by atoms with Crippen LogP contribution in [0.2, 0.25) is 0 Å². The Morgan fingerprint density at radius 2 is 2.12 bits per heavy atom. The molecule has 1 N–H and O–H groups in total. The summed E-state index contributed by atoms with van der Waals surface area (Å²) in [4.78, 5) is 11.7. The summed E-state index contributed by atoms with van der Waals surface area (Å²) in [6, 6.07) is 7.52. The number of carbonyl (C=O) groups is 1. The molecule has 0 aromatic heterocycles. The van der Waals surface area contributed by atoms with E-state index < -0.39 is 0 Å². The first-order chi connectivity index (χ1) is 7.61. The topological polar surface area (TPSA) is 38.3 Å². The van der Waals surface area contributed by atoms with E-state index in [1.165, 1.54) is 0 Å². The molecule has 0 saturated heterocycles. The van der Waals surface area contributed by atoms with Crippen molar-refractivity contribution in [3.8, 4) is 0 Å². The van der Waals surface area contributed by atoms with Gasteiger partial charge in [-0.15, -0.1) is 0 Å². The third-order valence-electron chi connectivity index (χ3n) is 1.96. The minimum atomic E-state index is -0.0441. The fourth-order valence-corrected chi connectivity index (χ4v) is 1.83. The van der Waals surface area contributed by atoms with Crippen LogP contribution in [-0.4, -0.2) is 25.2 Å². The van der Waals surface area contributed by atoms with Crippen LogP contribution < -0.4 is 5.32 Å². The lowest BCUT2D eigenvalue weighted by molar-refractivity contribution is 0.0746. The summed E-state index contributed by atoms with van der Waals surface area (Å²) in [5, 5.41) is 2.83. The highest BCUT2D eigenvalue weighted by molar-refractivity contribution is 14.1. The van der Waals surface area contributed by atoms with E-state index in [-0.39, 0.29) is 12.0 Å². The summed E-state index contributed by atoms with van der Waals surface area (Å²) in [6.45, 7) is 5.04. The number of carbonyl (C=O) groups excluding carboxylic acids is 1. The molecular weight excluding hydrogens is 317 g/mol. The van der Waals surface area contributed by atoms with E-state index in [1.807, 2.05) is 38.1 Å². The van der Waals surface area contributed by atoms with Crippen molar-refractivity contribution in [2.24, 2.45) is 0 Å². The van der Waals surface area contributed by atoms with E-state index in [4.69, 9.17) is 4.74 Å². The van der Waals surface area contributed by atoms with Gasteiger partial charge in [-0.05, 0) is 48.6 Å². The predicted octanol–water partition coefficient (Wildman–Crippen LogP) is 2.45. The summed E-state index contributed by atoms with van der Waals surface area (Å²) < 4.78 is 6.30. The van der Waals surface area contributed by atoms with Crippen LogP contribution in [0.1, 0.15) is 24.2 Å². The molecule has 3 nitrogen and oxygen atoms in total. The minimum Gasteiger partial charge on any atom is -0.377 e. The van der Waals surface area contributed by atoms with Crippen molar-refractivity contribution in [1.29, 1.82) is 0 Å². The standard InChI is InChI=1S/C12H16INO2/c1-9(2)16-8-7-14-12(15)10-5-3-4-6-11(10)13/h3-6,9H,7-8H2,1-2H3,(H,14,15). The number of amides is 1. The Labute approximate surface area is 110 Å². The van der Waals surface area contributed by atoms with Crippen LogP contribution >= 0.6 is 22.6 Å². The lowest BCUT2D eigenvalue weighted by Crippen LogP contribution is -2.28. The number of halogens is 1. The lowest BCUT2D eigenvalue weighted by Gasteiger charge is -2.09. The first-order valence-electron chi connectivity index (χ1n) is 5.25. The van der Waals surface area contributed by atoms with E-state index in [9.17, 15) is 4.79 Å². The molecule has 4 heteroatoms. The molecule has 88 valence electrons. The van der Waals surface area contributed by atoms with Crippen LogP contribution in [0, 0.1) is 3.57 Å². The molecule has 0 saturated carbocycles. The Kier molecular flexibility index (Phi) is 5.76. The number of hydrogen-bond acceptors (Lipinski definition) is 2. The molecule has 0 aliphatic heterocycles. The largest absolute Gasteiger partial charge is 0.377 e. The van der Waals surface area contributed by atoms with Crippen molar-refractivity contribution >= 4 is 28.5 Å².